The molecule has 8 nitrogen and oxygen atoms in total. The Bertz CT molecular complexity index is 879. The van der Waals surface area contributed by atoms with Gasteiger partial charge in [-0.05, 0) is 54.1 Å². The molecule has 134 valence electrons. The van der Waals surface area contributed by atoms with Crippen molar-refractivity contribution < 1.29 is 9.53 Å². The number of ether oxygens (including phenoxy) is 1. The third-order valence-corrected chi connectivity index (χ3v) is 3.74. The van der Waals surface area contributed by atoms with Crippen molar-refractivity contribution in [1.29, 1.82) is 0 Å². The zero-order chi connectivity index (χ0) is 18.4. The zero-order valence-electron chi connectivity index (χ0n) is 14.6. The van der Waals surface area contributed by atoms with E-state index in [-0.39, 0.29) is 12.5 Å². The molecule has 0 unspecified atom stereocenters. The number of hydrogen-bond acceptors (Lipinski definition) is 6. The van der Waals surface area contributed by atoms with Gasteiger partial charge >= 0.3 is 0 Å². The number of para-hydroxylation sites is 2. The molecule has 0 saturated heterocycles. The SMILES string of the molecule is CCOc1ccccc1NC(=O)CNc1cc(-n2cnnn2)ccc1C. The summed E-state index contributed by atoms with van der Waals surface area (Å²) in [4.78, 5) is 12.3. The van der Waals surface area contributed by atoms with Crippen LogP contribution in [-0.4, -0.2) is 39.3 Å². The molecule has 2 aromatic carbocycles. The summed E-state index contributed by atoms with van der Waals surface area (Å²) < 4.78 is 7.08. The fraction of sp³-hybridized carbons (Fsp3) is 0.222. The number of carbonyl (C=O) groups is 1. The van der Waals surface area contributed by atoms with Gasteiger partial charge in [-0.3, -0.25) is 4.79 Å². The molecule has 1 aromatic heterocycles. The second-order valence-electron chi connectivity index (χ2n) is 5.58. The highest BCUT2D eigenvalue weighted by Crippen LogP contribution is 2.24. The van der Waals surface area contributed by atoms with Gasteiger partial charge in [0, 0.05) is 5.69 Å². The van der Waals surface area contributed by atoms with Crippen LogP contribution in [0.25, 0.3) is 5.69 Å². The smallest absolute Gasteiger partial charge is 0.243 e. The molecule has 8 heteroatoms. The van der Waals surface area contributed by atoms with Crippen molar-refractivity contribution in [2.45, 2.75) is 13.8 Å². The van der Waals surface area contributed by atoms with Gasteiger partial charge in [-0.1, -0.05) is 18.2 Å². The lowest BCUT2D eigenvalue weighted by Crippen LogP contribution is -2.22. The van der Waals surface area contributed by atoms with Crippen LogP contribution < -0.4 is 15.4 Å². The fourth-order valence-electron chi connectivity index (χ4n) is 2.44. The van der Waals surface area contributed by atoms with Crippen LogP contribution in [0.1, 0.15) is 12.5 Å². The monoisotopic (exact) mass is 352 g/mol. The number of benzene rings is 2. The van der Waals surface area contributed by atoms with E-state index in [0.717, 1.165) is 16.9 Å². The van der Waals surface area contributed by atoms with Crippen molar-refractivity contribution in [2.75, 3.05) is 23.8 Å². The average Bonchev–Trinajstić information content (AvgIpc) is 3.17. The second-order valence-corrected chi connectivity index (χ2v) is 5.58. The van der Waals surface area contributed by atoms with Gasteiger partial charge in [-0.15, -0.1) is 5.10 Å². The van der Waals surface area contributed by atoms with E-state index in [9.17, 15) is 4.79 Å². The minimum absolute atomic E-state index is 0.125. The van der Waals surface area contributed by atoms with E-state index in [2.05, 4.69) is 26.2 Å². The number of anilines is 2. The van der Waals surface area contributed by atoms with E-state index in [4.69, 9.17) is 4.74 Å². The Kier molecular flexibility index (Phi) is 5.43. The normalized spacial score (nSPS) is 10.4. The van der Waals surface area contributed by atoms with Gasteiger partial charge in [0.15, 0.2) is 0 Å². The Morgan fingerprint density at radius 3 is 2.81 bits per heavy atom. The van der Waals surface area contributed by atoms with Crippen LogP contribution in [0.3, 0.4) is 0 Å². The molecular formula is C18H20N6O2. The van der Waals surface area contributed by atoms with Crippen LogP contribution in [0.15, 0.2) is 48.8 Å². The first-order valence-electron chi connectivity index (χ1n) is 8.27. The van der Waals surface area contributed by atoms with Crippen LogP contribution in [0.5, 0.6) is 5.75 Å². The van der Waals surface area contributed by atoms with Crippen molar-refractivity contribution in [3.63, 3.8) is 0 Å². The molecule has 0 aliphatic heterocycles. The molecule has 2 N–H and O–H groups in total. The number of carbonyl (C=O) groups excluding carboxylic acids is 1. The number of aromatic nitrogens is 4. The summed E-state index contributed by atoms with van der Waals surface area (Å²) in [7, 11) is 0. The number of aryl methyl sites for hydroxylation is 1. The van der Waals surface area contributed by atoms with Crippen molar-refractivity contribution in [1.82, 2.24) is 20.2 Å². The molecule has 0 spiro atoms. The summed E-state index contributed by atoms with van der Waals surface area (Å²) >= 11 is 0. The van der Waals surface area contributed by atoms with Gasteiger partial charge in [-0.25, -0.2) is 4.68 Å². The van der Waals surface area contributed by atoms with E-state index in [0.29, 0.717) is 18.0 Å². The van der Waals surface area contributed by atoms with Crippen LogP contribution in [-0.2, 0) is 4.79 Å². The topological polar surface area (TPSA) is 94.0 Å². The maximum atomic E-state index is 12.3. The van der Waals surface area contributed by atoms with Crippen LogP contribution in [0.2, 0.25) is 0 Å². The molecule has 26 heavy (non-hydrogen) atoms. The first-order chi connectivity index (χ1) is 12.7. The Hall–Kier alpha value is -3.42. The maximum Gasteiger partial charge on any atom is 0.243 e. The van der Waals surface area contributed by atoms with E-state index in [1.54, 1.807) is 4.68 Å². The predicted octanol–water partition coefficient (Wildman–Crippen LogP) is 2.42. The van der Waals surface area contributed by atoms with Gasteiger partial charge < -0.3 is 15.4 Å². The Balaban J connectivity index is 1.66. The number of hydrogen-bond donors (Lipinski definition) is 2. The lowest BCUT2D eigenvalue weighted by molar-refractivity contribution is -0.114. The molecule has 0 bridgehead atoms. The highest BCUT2D eigenvalue weighted by molar-refractivity contribution is 5.95. The zero-order valence-corrected chi connectivity index (χ0v) is 14.6. The highest BCUT2D eigenvalue weighted by atomic mass is 16.5. The molecule has 0 aliphatic rings. The fourth-order valence-corrected chi connectivity index (χ4v) is 2.44. The molecule has 0 aliphatic carbocycles. The van der Waals surface area contributed by atoms with Crippen molar-refractivity contribution in [3.05, 3.63) is 54.4 Å². The molecule has 0 radical (unpaired) electrons. The third kappa shape index (κ3) is 4.15. The Morgan fingerprint density at radius 2 is 2.04 bits per heavy atom. The minimum Gasteiger partial charge on any atom is -0.492 e. The van der Waals surface area contributed by atoms with Crippen molar-refractivity contribution in [2.24, 2.45) is 0 Å². The molecular weight excluding hydrogens is 332 g/mol. The lowest BCUT2D eigenvalue weighted by Gasteiger charge is -2.13. The summed E-state index contributed by atoms with van der Waals surface area (Å²) in [5.74, 6) is 0.490. The van der Waals surface area contributed by atoms with Crippen LogP contribution in [0, 0.1) is 6.92 Å². The summed E-state index contributed by atoms with van der Waals surface area (Å²) in [5, 5.41) is 17.1. The molecule has 0 saturated carbocycles. The molecule has 0 fully saturated rings. The molecule has 3 rings (SSSR count). The lowest BCUT2D eigenvalue weighted by atomic mass is 10.2. The van der Waals surface area contributed by atoms with Gasteiger partial charge in [0.1, 0.15) is 12.1 Å². The van der Waals surface area contributed by atoms with Crippen molar-refractivity contribution >= 4 is 17.3 Å². The van der Waals surface area contributed by atoms with Gasteiger partial charge in [0.2, 0.25) is 5.91 Å². The third-order valence-electron chi connectivity index (χ3n) is 3.74. The average molecular weight is 352 g/mol. The van der Waals surface area contributed by atoms with Crippen LogP contribution in [0.4, 0.5) is 11.4 Å². The van der Waals surface area contributed by atoms with Gasteiger partial charge in [0.25, 0.3) is 0 Å². The van der Waals surface area contributed by atoms with E-state index in [1.807, 2.05) is 56.3 Å². The molecule has 1 heterocycles. The number of rotatable bonds is 7. The first-order valence-corrected chi connectivity index (χ1v) is 8.27. The standard InChI is InChI=1S/C18H20N6O2/c1-3-26-17-7-5-4-6-15(17)21-18(25)11-19-16-10-14(9-8-13(16)2)24-12-20-22-23-24/h4-10,12,19H,3,11H2,1-2H3,(H,21,25). The summed E-state index contributed by atoms with van der Waals surface area (Å²) in [6, 6.07) is 13.1. The predicted molar refractivity (Wildman–Crippen MR) is 98.6 cm³/mol. The molecule has 0 atom stereocenters. The number of nitrogens with one attached hydrogen (secondary N) is 2. The largest absolute Gasteiger partial charge is 0.492 e. The Labute approximate surface area is 151 Å². The minimum atomic E-state index is -0.163. The second kappa shape index (κ2) is 8.11. The van der Waals surface area contributed by atoms with E-state index < -0.39 is 0 Å². The van der Waals surface area contributed by atoms with Gasteiger partial charge in [0.05, 0.1) is 24.5 Å². The molecule has 3 aromatic rings. The molecule has 1 amide bonds. The number of amides is 1. The van der Waals surface area contributed by atoms with E-state index >= 15 is 0 Å². The number of tetrazole rings is 1. The maximum absolute atomic E-state index is 12.3. The summed E-state index contributed by atoms with van der Waals surface area (Å²) in [6.07, 6.45) is 1.52. The van der Waals surface area contributed by atoms with Gasteiger partial charge in [-0.2, -0.15) is 0 Å². The Morgan fingerprint density at radius 1 is 1.19 bits per heavy atom. The van der Waals surface area contributed by atoms with E-state index in [1.165, 1.54) is 6.33 Å². The van der Waals surface area contributed by atoms with Crippen LogP contribution >= 0.6 is 0 Å². The summed E-state index contributed by atoms with van der Waals surface area (Å²) in [5.41, 5.74) is 3.32. The first kappa shape index (κ1) is 17.4. The quantitative estimate of drug-likeness (QED) is 0.678. The highest BCUT2D eigenvalue weighted by Gasteiger charge is 2.09. The summed E-state index contributed by atoms with van der Waals surface area (Å²) in [6.45, 7) is 4.53. The van der Waals surface area contributed by atoms with Crippen molar-refractivity contribution in [3.8, 4) is 11.4 Å². The number of nitrogens with zero attached hydrogens (tertiary/aromatic N) is 4.